The molecule has 26 heteroatoms. The second kappa shape index (κ2) is 27.1. The summed E-state index contributed by atoms with van der Waals surface area (Å²) in [5.74, 6) is -1.99. The molecular weight excluding hydrogens is 752 g/mol. The first-order valence-electron chi connectivity index (χ1n) is 15.6. The summed E-state index contributed by atoms with van der Waals surface area (Å²) in [6.07, 6.45) is -28.9. The van der Waals surface area contributed by atoms with Crippen LogP contribution >= 0.6 is 0 Å². The van der Waals surface area contributed by atoms with Crippen molar-refractivity contribution in [1.29, 1.82) is 0 Å². The van der Waals surface area contributed by atoms with Gasteiger partial charge in [0.25, 0.3) is 5.97 Å². The number of aliphatic hydroxyl groups is 17. The number of esters is 1. The molecule has 2 aliphatic rings. The molecule has 0 aromatic carbocycles. The average Bonchev–Trinajstić information content (AvgIpc) is 3.14. The van der Waals surface area contributed by atoms with E-state index in [2.05, 4.69) is 4.74 Å². The van der Waals surface area contributed by atoms with Gasteiger partial charge in [-0.2, -0.15) is 0 Å². The fourth-order valence-corrected chi connectivity index (χ4v) is 3.93. The summed E-state index contributed by atoms with van der Waals surface area (Å²) in [5, 5.41) is 163. The van der Waals surface area contributed by atoms with E-state index in [9.17, 15) is 60.3 Å². The number of ether oxygens (including phenoxy) is 4. The largest absolute Gasteiger partial charge is 0.481 e. The lowest BCUT2D eigenvalue weighted by atomic mass is 9.97. The number of aliphatic hydroxyl groups excluding tert-OH is 17. The first-order valence-corrected chi connectivity index (χ1v) is 15.6. The van der Waals surface area contributed by atoms with Gasteiger partial charge < -0.3 is 116 Å². The first kappa shape index (κ1) is 53.6. The van der Waals surface area contributed by atoms with Crippen LogP contribution in [-0.2, 0) is 38.1 Å². The van der Waals surface area contributed by atoms with Crippen LogP contribution in [0.1, 0.15) is 13.8 Å². The van der Waals surface area contributed by atoms with Crippen molar-refractivity contribution in [1.82, 2.24) is 0 Å². The molecule has 0 amide bonds. The highest BCUT2D eigenvalue weighted by Crippen LogP contribution is 2.28. The minimum absolute atomic E-state index is 0.0399. The molecule has 2 heterocycles. The SMILES string of the molecule is CC(=O)O.CC(O)C(=O)O[C@@H](C=O)[C@@H](O)[C@H](O)[C@H](O)CO.O=C[C@H](O)[C@@H](O)[C@H](O)CO.OC[C@H]1O[C@@H](O[C@H]2[C@H](O)[C@@H](O)[C@H](O)O[C@@H]2CO)[C@H](O)[C@@H](O)[C@@H]1O. The van der Waals surface area contributed by atoms with E-state index in [0.29, 0.717) is 0 Å². The predicted octanol–water partition coefficient (Wildman–Crippen LogP) is -11.5. The zero-order valence-electron chi connectivity index (χ0n) is 28.7. The molecule has 1 unspecified atom stereocenters. The number of aldehydes is 2. The van der Waals surface area contributed by atoms with Gasteiger partial charge in [-0.25, -0.2) is 4.79 Å². The number of carboxylic acids is 1. The Morgan fingerprint density at radius 1 is 0.667 bits per heavy atom. The standard InChI is InChI=1S/C12H22O11.C9H16O8.C5H10O5.C2H4O2/c13-1-3-5(15)6(16)9(19)12(22-3)23-10-4(2-14)21-11(20)8(18)7(10)17;1-4(12)9(16)17-6(3-11)8(15)7(14)5(13)2-10;6-1-3(8)5(10)4(9)2-7;1-2(3)4/h3-20H,1-2H2;3-8,10,12-15H,2H2,1H3;1,3-5,7-10H,2H2;1H3,(H,3,4)/t3-,4-,5-,6+,7-,8-,9-,10-,11-,12+;4?,5-,6+,7-,8-;3-,4+,5+;/m110./s1. The number of hydrogen-bond donors (Lipinski definition) is 18. The van der Waals surface area contributed by atoms with Crippen LogP contribution in [0.5, 0.6) is 0 Å². The van der Waals surface area contributed by atoms with Crippen molar-refractivity contribution in [2.45, 2.75) is 124 Å². The Morgan fingerprint density at radius 2 is 1.15 bits per heavy atom. The Balaban J connectivity index is 0. The molecule has 2 rings (SSSR count). The molecule has 0 radical (unpaired) electrons. The van der Waals surface area contributed by atoms with Crippen molar-refractivity contribution in [3.8, 4) is 0 Å². The summed E-state index contributed by atoms with van der Waals surface area (Å²) in [6.45, 7) is -0.696. The van der Waals surface area contributed by atoms with Gasteiger partial charge in [0, 0.05) is 6.92 Å². The van der Waals surface area contributed by atoms with Crippen LogP contribution in [0.15, 0.2) is 0 Å². The summed E-state index contributed by atoms with van der Waals surface area (Å²) in [5.41, 5.74) is 0. The third kappa shape index (κ3) is 17.5. The molecule has 54 heavy (non-hydrogen) atoms. The summed E-state index contributed by atoms with van der Waals surface area (Å²) in [7, 11) is 0. The smallest absolute Gasteiger partial charge is 0.335 e. The zero-order chi connectivity index (χ0) is 42.6. The molecule has 0 aromatic rings. The quantitative estimate of drug-likeness (QED) is 0.0539. The fourth-order valence-electron chi connectivity index (χ4n) is 3.93. The predicted molar refractivity (Wildman–Crippen MR) is 166 cm³/mol. The summed E-state index contributed by atoms with van der Waals surface area (Å²) in [6, 6.07) is 0. The van der Waals surface area contributed by atoms with Crippen molar-refractivity contribution >= 4 is 24.5 Å². The van der Waals surface area contributed by atoms with Gasteiger partial charge >= 0.3 is 5.97 Å². The second-order valence-corrected chi connectivity index (χ2v) is 11.4. The van der Waals surface area contributed by atoms with Crippen molar-refractivity contribution in [2.24, 2.45) is 0 Å². The minimum atomic E-state index is -1.91. The Labute approximate surface area is 305 Å². The number of carboxylic acid groups (broad SMARTS) is 1. The van der Waals surface area contributed by atoms with E-state index in [-0.39, 0.29) is 12.6 Å². The molecule has 2 saturated heterocycles. The molecule has 2 aliphatic heterocycles. The Morgan fingerprint density at radius 3 is 1.56 bits per heavy atom. The summed E-state index contributed by atoms with van der Waals surface area (Å²) >= 11 is 0. The van der Waals surface area contributed by atoms with E-state index in [1.165, 1.54) is 0 Å². The highest BCUT2D eigenvalue weighted by atomic mass is 16.7. The number of rotatable bonds is 15. The molecule has 0 bridgehead atoms. The molecule has 2 fully saturated rings. The van der Waals surface area contributed by atoms with Crippen LogP contribution in [0.25, 0.3) is 0 Å². The third-order valence-electron chi connectivity index (χ3n) is 7.04. The van der Waals surface area contributed by atoms with E-state index >= 15 is 0 Å². The van der Waals surface area contributed by atoms with Gasteiger partial charge in [-0.15, -0.1) is 0 Å². The monoisotopic (exact) mass is 804 g/mol. The van der Waals surface area contributed by atoms with Crippen molar-refractivity contribution in [2.75, 3.05) is 26.4 Å². The third-order valence-corrected chi connectivity index (χ3v) is 7.04. The van der Waals surface area contributed by atoms with Crippen LogP contribution in [-0.4, -0.2) is 253 Å². The van der Waals surface area contributed by atoms with Crippen LogP contribution in [0, 0.1) is 0 Å². The Bertz CT molecular complexity index is 1040. The van der Waals surface area contributed by atoms with Crippen LogP contribution in [0.2, 0.25) is 0 Å². The highest BCUT2D eigenvalue weighted by Gasteiger charge is 2.50. The lowest BCUT2D eigenvalue weighted by molar-refractivity contribution is -0.355. The number of aliphatic carboxylic acids is 1. The van der Waals surface area contributed by atoms with Crippen LogP contribution in [0.4, 0.5) is 0 Å². The maximum atomic E-state index is 10.9. The minimum Gasteiger partial charge on any atom is -0.481 e. The molecule has 0 aromatic heterocycles. The topological polar surface area (TPSA) is 469 Å². The lowest BCUT2D eigenvalue weighted by Crippen LogP contribution is -2.64. The zero-order valence-corrected chi connectivity index (χ0v) is 28.7. The Hall–Kier alpha value is -2.52. The van der Waals surface area contributed by atoms with Gasteiger partial charge in [-0.3, -0.25) is 9.59 Å². The van der Waals surface area contributed by atoms with Gasteiger partial charge in [0.2, 0.25) is 0 Å². The number of carbonyl (C=O) groups is 4. The number of hydrogen-bond acceptors (Lipinski definition) is 25. The molecule has 0 saturated carbocycles. The van der Waals surface area contributed by atoms with Gasteiger partial charge in [0.05, 0.1) is 26.4 Å². The molecule has 26 nitrogen and oxygen atoms in total. The lowest BCUT2D eigenvalue weighted by Gasteiger charge is -2.45. The van der Waals surface area contributed by atoms with Gasteiger partial charge in [-0.05, 0) is 6.92 Å². The van der Waals surface area contributed by atoms with E-state index in [4.69, 9.17) is 65.0 Å². The second-order valence-electron chi connectivity index (χ2n) is 11.4. The van der Waals surface area contributed by atoms with E-state index < -0.39 is 149 Å². The maximum Gasteiger partial charge on any atom is 0.335 e. The average molecular weight is 805 g/mol. The maximum absolute atomic E-state index is 10.9. The van der Waals surface area contributed by atoms with Gasteiger partial charge in [-0.1, -0.05) is 0 Å². The highest BCUT2D eigenvalue weighted by molar-refractivity contribution is 5.76. The van der Waals surface area contributed by atoms with Crippen molar-refractivity contribution < 1.29 is 130 Å². The summed E-state index contributed by atoms with van der Waals surface area (Å²) in [4.78, 5) is 40.3. The molecule has 320 valence electrons. The van der Waals surface area contributed by atoms with E-state index in [1.807, 2.05) is 0 Å². The van der Waals surface area contributed by atoms with E-state index in [1.54, 1.807) is 0 Å². The van der Waals surface area contributed by atoms with Gasteiger partial charge in [0.15, 0.2) is 31.3 Å². The van der Waals surface area contributed by atoms with Crippen LogP contribution in [0.3, 0.4) is 0 Å². The van der Waals surface area contributed by atoms with Crippen molar-refractivity contribution in [3.05, 3.63) is 0 Å². The van der Waals surface area contributed by atoms with Gasteiger partial charge in [0.1, 0.15) is 91.6 Å². The molecule has 18 atom stereocenters. The fraction of sp³-hybridized carbons (Fsp3) is 0.857. The molecule has 0 aliphatic carbocycles. The summed E-state index contributed by atoms with van der Waals surface area (Å²) < 4.78 is 19.6. The Kier molecular flexibility index (Phi) is 26.9. The molecule has 0 spiro atoms. The van der Waals surface area contributed by atoms with Crippen molar-refractivity contribution in [3.63, 3.8) is 0 Å². The van der Waals surface area contributed by atoms with E-state index in [0.717, 1.165) is 13.8 Å². The molecular formula is C28H52O26. The van der Waals surface area contributed by atoms with Crippen LogP contribution < -0.4 is 0 Å². The first-order chi connectivity index (χ1) is 25.0. The normalized spacial score (nSPS) is 32.4. The molecule has 18 N–H and O–H groups in total. The number of carbonyl (C=O) groups excluding carboxylic acids is 3.